The van der Waals surface area contributed by atoms with Gasteiger partial charge in [-0.3, -0.25) is 0 Å². The molecule has 1 aromatic carbocycles. The van der Waals surface area contributed by atoms with Gasteiger partial charge < -0.3 is 10.5 Å². The second-order valence-corrected chi connectivity index (χ2v) is 3.56. The maximum atomic E-state index is 13.0. The van der Waals surface area contributed by atoms with Crippen LogP contribution in [-0.4, -0.2) is 12.6 Å². The van der Waals surface area contributed by atoms with E-state index in [0.717, 1.165) is 18.4 Å². The molecule has 1 unspecified atom stereocenters. The summed E-state index contributed by atoms with van der Waals surface area (Å²) in [5.41, 5.74) is 6.84. The van der Waals surface area contributed by atoms with Crippen LogP contribution in [-0.2, 0) is 6.42 Å². The predicted molar refractivity (Wildman–Crippen MR) is 66.8 cm³/mol. The van der Waals surface area contributed by atoms with Crippen molar-refractivity contribution in [1.29, 1.82) is 0 Å². The van der Waals surface area contributed by atoms with Crippen LogP contribution in [0.5, 0.6) is 5.75 Å². The van der Waals surface area contributed by atoms with Gasteiger partial charge in [-0.25, -0.2) is 4.39 Å². The molecule has 16 heavy (non-hydrogen) atoms. The fourth-order valence-electron chi connectivity index (χ4n) is 1.41. The third-order valence-corrected chi connectivity index (χ3v) is 2.34. The number of benzene rings is 1. The summed E-state index contributed by atoms with van der Waals surface area (Å²) in [4.78, 5) is 0. The second kappa shape index (κ2) is 7.47. The molecule has 1 rings (SSSR count). The number of ether oxygens (including phenoxy) is 1. The van der Waals surface area contributed by atoms with Crippen molar-refractivity contribution in [2.45, 2.75) is 32.7 Å². The van der Waals surface area contributed by atoms with Crippen LogP contribution in [0.4, 0.5) is 4.39 Å². The lowest BCUT2D eigenvalue weighted by atomic mass is 10.0. The quantitative estimate of drug-likeness (QED) is 0.868. The first-order valence-electron chi connectivity index (χ1n) is 5.34. The van der Waals surface area contributed by atoms with Crippen molar-refractivity contribution in [1.82, 2.24) is 0 Å². The van der Waals surface area contributed by atoms with E-state index in [2.05, 4.69) is 0 Å². The van der Waals surface area contributed by atoms with E-state index >= 15 is 0 Å². The molecule has 0 fully saturated rings. The lowest BCUT2D eigenvalue weighted by Crippen LogP contribution is -2.21. The molecule has 2 nitrogen and oxygen atoms in total. The molecule has 1 atom stereocenters. The molecule has 4 heteroatoms. The molecule has 0 spiro atoms. The third-order valence-electron chi connectivity index (χ3n) is 2.34. The molecule has 0 radical (unpaired) electrons. The van der Waals surface area contributed by atoms with Crippen LogP contribution in [0.1, 0.15) is 25.8 Å². The number of nitrogens with two attached hydrogens (primary N) is 1. The van der Waals surface area contributed by atoms with Crippen LogP contribution >= 0.6 is 12.4 Å². The van der Waals surface area contributed by atoms with E-state index in [1.165, 1.54) is 12.1 Å². The summed E-state index contributed by atoms with van der Waals surface area (Å²) in [6, 6.07) is 4.71. The van der Waals surface area contributed by atoms with Gasteiger partial charge in [-0.1, -0.05) is 13.0 Å². The van der Waals surface area contributed by atoms with Gasteiger partial charge in [-0.15, -0.1) is 12.4 Å². The number of hydrogen-bond donors (Lipinski definition) is 1. The Morgan fingerprint density at radius 2 is 2.06 bits per heavy atom. The van der Waals surface area contributed by atoms with Gasteiger partial charge in [0.1, 0.15) is 11.6 Å². The molecule has 92 valence electrons. The lowest BCUT2D eigenvalue weighted by Gasteiger charge is -2.13. The zero-order chi connectivity index (χ0) is 11.3. The summed E-state index contributed by atoms with van der Waals surface area (Å²) >= 11 is 0. The van der Waals surface area contributed by atoms with Gasteiger partial charge >= 0.3 is 0 Å². The number of rotatable bonds is 5. The Balaban J connectivity index is 0.00000225. The average molecular weight is 248 g/mol. The fourth-order valence-corrected chi connectivity index (χ4v) is 1.41. The molecule has 1 aromatic rings. The van der Waals surface area contributed by atoms with E-state index in [1.54, 1.807) is 6.07 Å². The van der Waals surface area contributed by atoms with Crippen LogP contribution in [0.25, 0.3) is 0 Å². The largest absolute Gasteiger partial charge is 0.493 e. The van der Waals surface area contributed by atoms with E-state index in [1.807, 2.05) is 13.8 Å². The van der Waals surface area contributed by atoms with Crippen molar-refractivity contribution in [3.8, 4) is 5.75 Å². The predicted octanol–water partition coefficient (Wildman–Crippen LogP) is 2.93. The van der Waals surface area contributed by atoms with Gasteiger partial charge in [-0.05, 0) is 31.4 Å². The van der Waals surface area contributed by atoms with E-state index in [0.29, 0.717) is 12.4 Å². The maximum absolute atomic E-state index is 13.0. The third kappa shape index (κ3) is 4.37. The Morgan fingerprint density at radius 1 is 1.38 bits per heavy atom. The molecule has 0 amide bonds. The average Bonchev–Trinajstić information content (AvgIpc) is 2.22. The number of halogens is 2. The maximum Gasteiger partial charge on any atom is 0.126 e. The first kappa shape index (κ1) is 15.2. The van der Waals surface area contributed by atoms with Crippen molar-refractivity contribution < 1.29 is 9.13 Å². The molecule has 0 heterocycles. The van der Waals surface area contributed by atoms with Crippen LogP contribution in [0.3, 0.4) is 0 Å². The molecule has 0 aliphatic carbocycles. The van der Waals surface area contributed by atoms with Crippen LogP contribution in [0.2, 0.25) is 0 Å². The van der Waals surface area contributed by atoms with Gasteiger partial charge in [0.05, 0.1) is 6.61 Å². The summed E-state index contributed by atoms with van der Waals surface area (Å²) in [6.07, 6.45) is 1.63. The van der Waals surface area contributed by atoms with Gasteiger partial charge in [0.2, 0.25) is 0 Å². The molecular weight excluding hydrogens is 229 g/mol. The summed E-state index contributed by atoms with van der Waals surface area (Å²) in [6.45, 7) is 4.46. The summed E-state index contributed by atoms with van der Waals surface area (Å²) in [5, 5.41) is 0. The summed E-state index contributed by atoms with van der Waals surface area (Å²) in [7, 11) is 0. The Hall–Kier alpha value is -0.800. The first-order chi connectivity index (χ1) is 7.17. The topological polar surface area (TPSA) is 35.2 Å². The Kier molecular flexibility index (Phi) is 7.10. The molecule has 2 N–H and O–H groups in total. The minimum atomic E-state index is -0.271. The minimum absolute atomic E-state index is 0. The van der Waals surface area contributed by atoms with Gasteiger partial charge in [0, 0.05) is 12.1 Å². The fraction of sp³-hybridized carbons (Fsp3) is 0.500. The Bertz CT molecular complexity index is 320. The molecule has 0 saturated heterocycles. The second-order valence-electron chi connectivity index (χ2n) is 3.56. The zero-order valence-corrected chi connectivity index (χ0v) is 10.5. The summed E-state index contributed by atoms with van der Waals surface area (Å²) < 4.78 is 18.3. The Morgan fingerprint density at radius 3 is 2.62 bits per heavy atom. The first-order valence-corrected chi connectivity index (χ1v) is 5.34. The van der Waals surface area contributed by atoms with Gasteiger partial charge in [0.25, 0.3) is 0 Å². The van der Waals surface area contributed by atoms with Crippen LogP contribution < -0.4 is 10.5 Å². The normalized spacial score (nSPS) is 11.8. The molecule has 0 aliphatic heterocycles. The van der Waals surface area contributed by atoms with Crippen molar-refractivity contribution in [3.05, 3.63) is 29.6 Å². The molecule has 0 aliphatic rings. The highest BCUT2D eigenvalue weighted by molar-refractivity contribution is 5.85. The Labute approximate surface area is 102 Å². The van der Waals surface area contributed by atoms with Gasteiger partial charge in [-0.2, -0.15) is 0 Å². The van der Waals surface area contributed by atoms with Crippen LogP contribution in [0, 0.1) is 5.82 Å². The molecule has 0 saturated carbocycles. The van der Waals surface area contributed by atoms with Gasteiger partial charge in [0.15, 0.2) is 0 Å². The standard InChI is InChI=1S/C12H18FNO.ClH/c1-3-11(14)7-9-5-6-10(13)8-12(9)15-4-2;/h5-6,8,11H,3-4,7,14H2,1-2H3;1H. The lowest BCUT2D eigenvalue weighted by molar-refractivity contribution is 0.333. The highest BCUT2D eigenvalue weighted by Gasteiger charge is 2.08. The van der Waals surface area contributed by atoms with E-state index in [9.17, 15) is 4.39 Å². The van der Waals surface area contributed by atoms with E-state index < -0.39 is 0 Å². The van der Waals surface area contributed by atoms with E-state index in [-0.39, 0.29) is 24.3 Å². The molecular formula is C12H19ClFNO. The summed E-state index contributed by atoms with van der Waals surface area (Å²) in [5.74, 6) is 0.341. The van der Waals surface area contributed by atoms with Crippen molar-refractivity contribution in [2.75, 3.05) is 6.61 Å². The van der Waals surface area contributed by atoms with Crippen LogP contribution in [0.15, 0.2) is 18.2 Å². The SMILES string of the molecule is CCOc1cc(F)ccc1CC(N)CC.Cl. The smallest absolute Gasteiger partial charge is 0.126 e. The van der Waals surface area contributed by atoms with Crippen molar-refractivity contribution >= 4 is 12.4 Å². The molecule has 0 bridgehead atoms. The highest BCUT2D eigenvalue weighted by Crippen LogP contribution is 2.21. The minimum Gasteiger partial charge on any atom is -0.493 e. The molecule has 0 aromatic heterocycles. The van der Waals surface area contributed by atoms with Crippen molar-refractivity contribution in [2.24, 2.45) is 5.73 Å². The van der Waals surface area contributed by atoms with E-state index in [4.69, 9.17) is 10.5 Å². The highest BCUT2D eigenvalue weighted by atomic mass is 35.5. The monoisotopic (exact) mass is 247 g/mol. The zero-order valence-electron chi connectivity index (χ0n) is 9.70. The number of hydrogen-bond acceptors (Lipinski definition) is 2. The van der Waals surface area contributed by atoms with Crippen molar-refractivity contribution in [3.63, 3.8) is 0 Å².